The first-order valence-corrected chi connectivity index (χ1v) is 12.0. The highest BCUT2D eigenvalue weighted by Crippen LogP contribution is 2.41. The van der Waals surface area contributed by atoms with Crippen LogP contribution >= 0.6 is 27.7 Å². The van der Waals surface area contributed by atoms with Crippen molar-refractivity contribution in [2.45, 2.75) is 38.6 Å². The number of para-hydroxylation sites is 1. The molecule has 1 amide bonds. The number of benzene rings is 2. The zero-order chi connectivity index (χ0) is 22.0. The number of methoxy groups -OCH3 is 1. The van der Waals surface area contributed by atoms with E-state index in [1.54, 1.807) is 12.1 Å². The molecule has 1 heterocycles. The van der Waals surface area contributed by atoms with Crippen LogP contribution in [0.25, 0.3) is 6.08 Å². The normalized spacial score (nSPS) is 24.2. The molecule has 2 aromatic rings. The van der Waals surface area contributed by atoms with Crippen molar-refractivity contribution in [1.29, 1.82) is 0 Å². The highest BCUT2D eigenvalue weighted by atomic mass is 79.9. The minimum atomic E-state index is -0.0124. The Balaban J connectivity index is 1.74. The van der Waals surface area contributed by atoms with E-state index in [1.807, 2.05) is 41.3 Å². The van der Waals surface area contributed by atoms with Crippen molar-refractivity contribution in [3.05, 3.63) is 57.4 Å². The van der Waals surface area contributed by atoms with Crippen LogP contribution in [-0.4, -0.2) is 34.2 Å². The number of rotatable bonds is 4. The van der Waals surface area contributed by atoms with Crippen LogP contribution in [0.15, 0.2) is 56.8 Å². The Bertz CT molecular complexity index is 1040. The van der Waals surface area contributed by atoms with Gasteiger partial charge in [0.05, 0.1) is 22.2 Å². The third-order valence-corrected chi connectivity index (χ3v) is 7.37. The lowest BCUT2D eigenvalue weighted by molar-refractivity contribution is -0.124. The summed E-state index contributed by atoms with van der Waals surface area (Å²) in [5.74, 6) is 0.815. The van der Waals surface area contributed by atoms with Crippen molar-refractivity contribution in [2.75, 3.05) is 7.11 Å². The summed E-state index contributed by atoms with van der Waals surface area (Å²) >= 11 is 4.76. The van der Waals surface area contributed by atoms with Crippen molar-refractivity contribution < 1.29 is 14.6 Å². The smallest absolute Gasteiger partial charge is 0.267 e. The van der Waals surface area contributed by atoms with Gasteiger partial charge in [-0.05, 0) is 82.4 Å². The Morgan fingerprint density at radius 1 is 1.23 bits per heavy atom. The lowest BCUT2D eigenvalue weighted by Gasteiger charge is -2.35. The summed E-state index contributed by atoms with van der Waals surface area (Å²) in [6, 6.07) is 13.4. The number of phenolic OH excluding ortho intramolecular Hbond substituents is 1. The number of ether oxygens (including phenoxy) is 1. The number of nitrogens with zero attached hydrogens (tertiary/aromatic N) is 2. The fraction of sp³-hybridized carbons (Fsp3) is 0.333. The number of phenols is 1. The zero-order valence-corrected chi connectivity index (χ0v) is 19.9. The van der Waals surface area contributed by atoms with Gasteiger partial charge in [-0.15, -0.1) is 0 Å². The molecule has 4 rings (SSSR count). The SMILES string of the molecule is COc1cc(/C=C2\SC(=Nc3ccccc3)N([C@@H]3CCCC[C@H]3C)C2=O)cc(Br)c1O. The van der Waals surface area contributed by atoms with Gasteiger partial charge in [0, 0.05) is 6.04 Å². The molecule has 2 aromatic carbocycles. The van der Waals surface area contributed by atoms with E-state index < -0.39 is 0 Å². The fourth-order valence-electron chi connectivity index (χ4n) is 4.13. The Kier molecular flexibility index (Phi) is 6.72. The molecule has 1 aliphatic heterocycles. The second kappa shape index (κ2) is 9.49. The maximum absolute atomic E-state index is 13.5. The van der Waals surface area contributed by atoms with Crippen LogP contribution in [0.1, 0.15) is 38.2 Å². The van der Waals surface area contributed by atoms with Crippen LogP contribution in [0.5, 0.6) is 11.5 Å². The number of hydrogen-bond acceptors (Lipinski definition) is 5. The van der Waals surface area contributed by atoms with Gasteiger partial charge in [-0.3, -0.25) is 9.69 Å². The minimum Gasteiger partial charge on any atom is -0.503 e. The number of carbonyl (C=O) groups is 1. The van der Waals surface area contributed by atoms with Gasteiger partial charge in [0.15, 0.2) is 16.7 Å². The van der Waals surface area contributed by atoms with Gasteiger partial charge < -0.3 is 9.84 Å². The lowest BCUT2D eigenvalue weighted by atomic mass is 9.85. The summed E-state index contributed by atoms with van der Waals surface area (Å²) in [7, 11) is 1.50. The van der Waals surface area contributed by atoms with E-state index >= 15 is 0 Å². The van der Waals surface area contributed by atoms with Crippen molar-refractivity contribution >= 4 is 50.5 Å². The summed E-state index contributed by atoms with van der Waals surface area (Å²) in [5, 5.41) is 10.8. The van der Waals surface area contributed by atoms with E-state index in [0.29, 0.717) is 21.0 Å². The maximum atomic E-state index is 13.5. The van der Waals surface area contributed by atoms with Gasteiger partial charge in [-0.25, -0.2) is 4.99 Å². The largest absolute Gasteiger partial charge is 0.503 e. The summed E-state index contributed by atoms with van der Waals surface area (Å²) in [5.41, 5.74) is 1.61. The van der Waals surface area contributed by atoms with Gasteiger partial charge in [-0.2, -0.15) is 0 Å². The van der Waals surface area contributed by atoms with Crippen LogP contribution in [0.4, 0.5) is 5.69 Å². The monoisotopic (exact) mass is 500 g/mol. The molecule has 1 saturated carbocycles. The highest BCUT2D eigenvalue weighted by Gasteiger charge is 2.41. The topological polar surface area (TPSA) is 62.1 Å². The summed E-state index contributed by atoms with van der Waals surface area (Å²) in [6.45, 7) is 2.23. The zero-order valence-electron chi connectivity index (χ0n) is 17.5. The van der Waals surface area contributed by atoms with Crippen molar-refractivity contribution in [3.63, 3.8) is 0 Å². The van der Waals surface area contributed by atoms with E-state index in [0.717, 1.165) is 35.7 Å². The van der Waals surface area contributed by atoms with Gasteiger partial charge in [0.25, 0.3) is 5.91 Å². The minimum absolute atomic E-state index is 0.0124. The van der Waals surface area contributed by atoms with Crippen LogP contribution in [0, 0.1) is 5.92 Å². The molecule has 2 fully saturated rings. The standard InChI is InChI=1S/C24H25BrN2O3S/c1-15-8-6-7-11-19(15)27-23(29)21(31-24(27)26-17-9-4-3-5-10-17)14-16-12-18(25)22(28)20(13-16)30-2/h3-5,9-10,12-15,19,28H,6-8,11H2,1-2H3/b21-14-,26-24?/t15-,19-/m1/s1. The Hall–Kier alpha value is -2.25. The Morgan fingerprint density at radius 2 is 1.97 bits per heavy atom. The first kappa shape index (κ1) is 22.0. The Morgan fingerprint density at radius 3 is 2.68 bits per heavy atom. The van der Waals surface area contributed by atoms with Crippen LogP contribution in [0.2, 0.25) is 0 Å². The van der Waals surface area contributed by atoms with Gasteiger partial charge in [0.2, 0.25) is 0 Å². The summed E-state index contributed by atoms with van der Waals surface area (Å²) in [6.07, 6.45) is 6.30. The summed E-state index contributed by atoms with van der Waals surface area (Å²) < 4.78 is 5.77. The molecule has 0 spiro atoms. The van der Waals surface area contributed by atoms with Crippen molar-refractivity contribution in [3.8, 4) is 11.5 Å². The molecule has 1 saturated heterocycles. The van der Waals surface area contributed by atoms with Crippen molar-refractivity contribution in [1.82, 2.24) is 4.90 Å². The van der Waals surface area contributed by atoms with E-state index in [9.17, 15) is 9.90 Å². The third-order valence-electron chi connectivity index (χ3n) is 5.78. The molecular formula is C24H25BrN2O3S. The number of aliphatic imine (C=N–C) groups is 1. The van der Waals surface area contributed by atoms with E-state index in [-0.39, 0.29) is 17.7 Å². The number of aromatic hydroxyl groups is 1. The van der Waals surface area contributed by atoms with E-state index in [4.69, 9.17) is 9.73 Å². The molecule has 0 unspecified atom stereocenters. The van der Waals surface area contributed by atoms with E-state index in [1.165, 1.54) is 25.3 Å². The number of hydrogen-bond donors (Lipinski definition) is 1. The van der Waals surface area contributed by atoms with Crippen LogP contribution < -0.4 is 4.74 Å². The van der Waals surface area contributed by atoms with Crippen LogP contribution in [-0.2, 0) is 4.79 Å². The van der Waals surface area contributed by atoms with E-state index in [2.05, 4.69) is 22.9 Å². The molecule has 2 atom stereocenters. The first-order chi connectivity index (χ1) is 15.0. The van der Waals surface area contributed by atoms with Crippen LogP contribution in [0.3, 0.4) is 0 Å². The molecule has 1 aliphatic carbocycles. The second-order valence-electron chi connectivity index (χ2n) is 7.90. The molecule has 7 heteroatoms. The number of amidine groups is 1. The number of carbonyl (C=O) groups excluding carboxylic acids is 1. The number of amides is 1. The van der Waals surface area contributed by atoms with Gasteiger partial charge >= 0.3 is 0 Å². The second-order valence-corrected chi connectivity index (χ2v) is 9.76. The average Bonchev–Trinajstić information content (AvgIpc) is 3.06. The number of thioether (sulfide) groups is 1. The third kappa shape index (κ3) is 4.67. The number of halogens is 1. The maximum Gasteiger partial charge on any atom is 0.267 e. The quantitative estimate of drug-likeness (QED) is 0.497. The molecule has 5 nitrogen and oxygen atoms in total. The molecule has 162 valence electrons. The average molecular weight is 501 g/mol. The predicted molar refractivity (Wildman–Crippen MR) is 130 cm³/mol. The molecule has 31 heavy (non-hydrogen) atoms. The summed E-state index contributed by atoms with van der Waals surface area (Å²) in [4.78, 5) is 20.9. The van der Waals surface area contributed by atoms with Gasteiger partial charge in [0.1, 0.15) is 0 Å². The Labute approximate surface area is 195 Å². The molecule has 0 radical (unpaired) electrons. The molecular weight excluding hydrogens is 476 g/mol. The molecule has 0 bridgehead atoms. The van der Waals surface area contributed by atoms with Crippen molar-refractivity contribution in [2.24, 2.45) is 10.9 Å². The molecule has 0 aromatic heterocycles. The predicted octanol–water partition coefficient (Wildman–Crippen LogP) is 6.35. The lowest BCUT2D eigenvalue weighted by Crippen LogP contribution is -2.44. The first-order valence-electron chi connectivity index (χ1n) is 10.4. The molecule has 1 N–H and O–H groups in total. The highest BCUT2D eigenvalue weighted by molar-refractivity contribution is 9.10. The molecule has 2 aliphatic rings. The fourth-order valence-corrected chi connectivity index (χ4v) is 5.64. The van der Waals surface area contributed by atoms with Gasteiger partial charge in [-0.1, -0.05) is 38.0 Å².